The van der Waals surface area contributed by atoms with Gasteiger partial charge in [-0.2, -0.15) is 0 Å². The van der Waals surface area contributed by atoms with Crippen LogP contribution in [0.25, 0.3) is 0 Å². The fraction of sp³-hybridized carbons (Fsp3) is 0.600. The zero-order valence-corrected chi connectivity index (χ0v) is 12.4. The van der Waals surface area contributed by atoms with Crippen LogP contribution in [0, 0.1) is 6.92 Å². The maximum Gasteiger partial charge on any atom is 0.224 e. The smallest absolute Gasteiger partial charge is 0.224 e. The number of nitrogens with zero attached hydrogens (tertiary/aromatic N) is 2. The molecular weight excluding hydrogens is 238 g/mol. The minimum absolute atomic E-state index is 0.180. The highest BCUT2D eigenvalue weighted by Gasteiger charge is 2.12. The lowest BCUT2D eigenvalue weighted by atomic mass is 10.2. The van der Waals surface area contributed by atoms with Gasteiger partial charge in [0.25, 0.3) is 0 Å². The molecule has 1 rings (SSSR count). The minimum Gasteiger partial charge on any atom is -0.337 e. The maximum absolute atomic E-state index is 12.1. The van der Waals surface area contributed by atoms with Crippen LogP contribution in [-0.2, 0) is 11.3 Å². The monoisotopic (exact) mass is 263 g/mol. The second-order valence-electron chi connectivity index (χ2n) is 5.04. The van der Waals surface area contributed by atoms with Gasteiger partial charge in [0.05, 0.1) is 12.2 Å². The van der Waals surface area contributed by atoms with E-state index in [1.807, 2.05) is 36.9 Å². The Morgan fingerprint density at radius 2 is 2.16 bits per heavy atom. The van der Waals surface area contributed by atoms with Gasteiger partial charge in [0, 0.05) is 31.2 Å². The number of amides is 1. The molecule has 0 spiro atoms. The molecule has 4 nitrogen and oxygen atoms in total. The number of aromatic nitrogens is 1. The lowest BCUT2D eigenvalue weighted by Crippen LogP contribution is -2.34. The molecule has 1 amide bonds. The highest BCUT2D eigenvalue weighted by atomic mass is 16.2. The largest absolute Gasteiger partial charge is 0.337 e. The molecule has 4 heteroatoms. The van der Waals surface area contributed by atoms with Crippen molar-refractivity contribution in [1.29, 1.82) is 0 Å². The van der Waals surface area contributed by atoms with Crippen molar-refractivity contribution < 1.29 is 4.79 Å². The third kappa shape index (κ3) is 5.83. The van der Waals surface area contributed by atoms with Gasteiger partial charge in [0.1, 0.15) is 0 Å². The van der Waals surface area contributed by atoms with E-state index in [4.69, 9.17) is 0 Å². The van der Waals surface area contributed by atoms with Crippen molar-refractivity contribution in [3.63, 3.8) is 0 Å². The Balaban J connectivity index is 2.50. The fourth-order valence-electron chi connectivity index (χ4n) is 1.89. The molecule has 1 aromatic heterocycles. The summed E-state index contributed by atoms with van der Waals surface area (Å²) < 4.78 is 0. The van der Waals surface area contributed by atoms with Crippen molar-refractivity contribution in [3.8, 4) is 0 Å². The van der Waals surface area contributed by atoms with Gasteiger partial charge in [0.2, 0.25) is 5.91 Å². The minimum atomic E-state index is 0.180. The van der Waals surface area contributed by atoms with Crippen LogP contribution in [0.4, 0.5) is 0 Å². The molecule has 1 heterocycles. The predicted molar refractivity (Wildman–Crippen MR) is 77.8 cm³/mol. The molecule has 19 heavy (non-hydrogen) atoms. The van der Waals surface area contributed by atoms with E-state index in [0.29, 0.717) is 19.0 Å². The van der Waals surface area contributed by atoms with Crippen molar-refractivity contribution in [2.24, 2.45) is 0 Å². The Morgan fingerprint density at radius 3 is 2.74 bits per heavy atom. The Kier molecular flexibility index (Phi) is 6.50. The average Bonchev–Trinajstić information content (AvgIpc) is 2.35. The first-order chi connectivity index (χ1) is 9.02. The average molecular weight is 263 g/mol. The molecule has 106 valence electrons. The molecule has 0 saturated heterocycles. The number of rotatable bonds is 7. The zero-order chi connectivity index (χ0) is 14.3. The van der Waals surface area contributed by atoms with E-state index in [0.717, 1.165) is 24.5 Å². The number of hydrogen-bond acceptors (Lipinski definition) is 3. The molecular formula is C15H25N3O. The van der Waals surface area contributed by atoms with Gasteiger partial charge < -0.3 is 10.2 Å². The molecule has 0 saturated carbocycles. The molecule has 1 aromatic rings. The molecule has 0 bridgehead atoms. The molecule has 0 fully saturated rings. The van der Waals surface area contributed by atoms with Crippen LogP contribution in [0.5, 0.6) is 0 Å². The van der Waals surface area contributed by atoms with Gasteiger partial charge in [-0.3, -0.25) is 9.78 Å². The number of aryl methyl sites for hydroxylation is 1. The first-order valence-corrected chi connectivity index (χ1v) is 6.96. The second kappa shape index (κ2) is 7.89. The number of nitrogens with one attached hydrogen (secondary N) is 1. The van der Waals surface area contributed by atoms with Crippen molar-refractivity contribution in [2.75, 3.05) is 13.1 Å². The third-order valence-electron chi connectivity index (χ3n) is 2.92. The van der Waals surface area contributed by atoms with Crippen LogP contribution in [0.3, 0.4) is 0 Å². The highest BCUT2D eigenvalue weighted by Crippen LogP contribution is 2.05. The first kappa shape index (κ1) is 15.6. The molecule has 0 aliphatic carbocycles. The molecule has 0 aliphatic heterocycles. The van der Waals surface area contributed by atoms with Crippen LogP contribution in [0.2, 0.25) is 0 Å². The zero-order valence-electron chi connectivity index (χ0n) is 12.4. The summed E-state index contributed by atoms with van der Waals surface area (Å²) in [6, 6.07) is 6.33. The van der Waals surface area contributed by atoms with E-state index in [9.17, 15) is 4.79 Å². The van der Waals surface area contributed by atoms with E-state index in [1.165, 1.54) is 0 Å². The maximum atomic E-state index is 12.1. The van der Waals surface area contributed by atoms with Crippen molar-refractivity contribution >= 4 is 5.91 Å². The van der Waals surface area contributed by atoms with Gasteiger partial charge in [-0.1, -0.05) is 19.9 Å². The van der Waals surface area contributed by atoms with Gasteiger partial charge in [0.15, 0.2) is 0 Å². The lowest BCUT2D eigenvalue weighted by Gasteiger charge is -2.21. The van der Waals surface area contributed by atoms with Gasteiger partial charge in [-0.15, -0.1) is 0 Å². The standard InChI is InChI=1S/C15H25N3O/c1-5-18(15(19)9-10-16-12(2)3)11-14-8-6-7-13(4)17-14/h6-8,12,16H,5,9-11H2,1-4H3. The van der Waals surface area contributed by atoms with Gasteiger partial charge >= 0.3 is 0 Å². The SMILES string of the molecule is CCN(Cc1cccc(C)n1)C(=O)CCNC(C)C. The summed E-state index contributed by atoms with van der Waals surface area (Å²) in [6.45, 7) is 10.2. The Hall–Kier alpha value is -1.42. The summed E-state index contributed by atoms with van der Waals surface area (Å²) in [5, 5.41) is 3.27. The van der Waals surface area contributed by atoms with E-state index in [-0.39, 0.29) is 5.91 Å². The molecule has 0 radical (unpaired) electrons. The highest BCUT2D eigenvalue weighted by molar-refractivity contribution is 5.76. The van der Waals surface area contributed by atoms with E-state index in [2.05, 4.69) is 24.1 Å². The Labute approximate surface area is 116 Å². The van der Waals surface area contributed by atoms with Crippen molar-refractivity contribution in [3.05, 3.63) is 29.6 Å². The summed E-state index contributed by atoms with van der Waals surface area (Å²) in [4.78, 5) is 18.4. The molecule has 0 unspecified atom stereocenters. The molecule has 0 aliphatic rings. The number of carbonyl (C=O) groups is 1. The third-order valence-corrected chi connectivity index (χ3v) is 2.92. The Morgan fingerprint density at radius 1 is 1.42 bits per heavy atom. The number of hydrogen-bond donors (Lipinski definition) is 1. The topological polar surface area (TPSA) is 45.2 Å². The van der Waals surface area contributed by atoms with E-state index >= 15 is 0 Å². The van der Waals surface area contributed by atoms with Crippen LogP contribution in [-0.4, -0.2) is 34.9 Å². The van der Waals surface area contributed by atoms with E-state index in [1.54, 1.807) is 0 Å². The normalized spacial score (nSPS) is 10.8. The predicted octanol–water partition coefficient (Wildman–Crippen LogP) is 2.13. The fourth-order valence-corrected chi connectivity index (χ4v) is 1.89. The van der Waals surface area contributed by atoms with Crippen LogP contribution in [0.15, 0.2) is 18.2 Å². The lowest BCUT2D eigenvalue weighted by molar-refractivity contribution is -0.131. The summed E-state index contributed by atoms with van der Waals surface area (Å²) in [5.74, 6) is 0.180. The summed E-state index contributed by atoms with van der Waals surface area (Å²) in [6.07, 6.45) is 0.540. The number of carbonyl (C=O) groups excluding carboxylic acids is 1. The first-order valence-electron chi connectivity index (χ1n) is 6.96. The second-order valence-corrected chi connectivity index (χ2v) is 5.04. The van der Waals surface area contributed by atoms with Gasteiger partial charge in [-0.25, -0.2) is 0 Å². The molecule has 0 atom stereocenters. The van der Waals surface area contributed by atoms with Crippen molar-refractivity contribution in [2.45, 2.75) is 46.7 Å². The summed E-state index contributed by atoms with van der Waals surface area (Å²) in [5.41, 5.74) is 1.94. The number of pyridine rings is 1. The van der Waals surface area contributed by atoms with E-state index < -0.39 is 0 Å². The quantitative estimate of drug-likeness (QED) is 0.819. The Bertz CT molecular complexity index is 404. The van der Waals surface area contributed by atoms with Crippen molar-refractivity contribution in [1.82, 2.24) is 15.2 Å². The summed E-state index contributed by atoms with van der Waals surface area (Å²) in [7, 11) is 0. The summed E-state index contributed by atoms with van der Waals surface area (Å²) >= 11 is 0. The molecule has 0 aromatic carbocycles. The van der Waals surface area contributed by atoms with Crippen LogP contribution >= 0.6 is 0 Å². The van der Waals surface area contributed by atoms with Crippen LogP contribution in [0.1, 0.15) is 38.6 Å². The van der Waals surface area contributed by atoms with Gasteiger partial charge in [-0.05, 0) is 26.0 Å². The molecule has 1 N–H and O–H groups in total. The van der Waals surface area contributed by atoms with Crippen LogP contribution < -0.4 is 5.32 Å².